The van der Waals surface area contributed by atoms with Crippen molar-refractivity contribution in [1.29, 1.82) is 0 Å². The summed E-state index contributed by atoms with van der Waals surface area (Å²) in [5.41, 5.74) is 2.33. The van der Waals surface area contributed by atoms with E-state index in [0.717, 1.165) is 5.56 Å². The number of cyclic esters (lactones) is 1. The molecule has 2 atom stereocenters. The summed E-state index contributed by atoms with van der Waals surface area (Å²) in [4.78, 5) is 26.7. The molecular formula is C23H27FN2O4. The Hall–Kier alpha value is -2.93. The number of rotatable bonds is 6. The Labute approximate surface area is 175 Å². The minimum absolute atomic E-state index is 0.128. The van der Waals surface area contributed by atoms with Crippen LogP contribution >= 0.6 is 0 Å². The Bertz CT molecular complexity index is 960. The number of hydrogen-bond donors (Lipinski definition) is 2. The van der Waals surface area contributed by atoms with E-state index in [0.29, 0.717) is 16.8 Å². The number of anilines is 1. The van der Waals surface area contributed by atoms with Gasteiger partial charge in [0.05, 0.1) is 12.6 Å². The molecule has 2 unspecified atom stereocenters. The number of amides is 2. The average Bonchev–Trinajstić information content (AvgIpc) is 3.09. The molecule has 0 spiro atoms. The Kier molecular flexibility index (Phi) is 6.41. The fourth-order valence-corrected chi connectivity index (χ4v) is 3.47. The molecule has 1 aliphatic heterocycles. The summed E-state index contributed by atoms with van der Waals surface area (Å²) in [5.74, 6) is -0.699. The fraction of sp³-hybridized carbons (Fsp3) is 0.391. The van der Waals surface area contributed by atoms with Gasteiger partial charge in [0, 0.05) is 22.9 Å². The van der Waals surface area contributed by atoms with Crippen molar-refractivity contribution in [2.24, 2.45) is 5.92 Å². The molecule has 3 rings (SSSR count). The number of halogens is 1. The molecule has 7 heteroatoms. The molecule has 0 bridgehead atoms. The highest BCUT2D eigenvalue weighted by Gasteiger charge is 2.36. The first kappa shape index (κ1) is 21.8. The molecule has 1 saturated heterocycles. The molecule has 2 aromatic carbocycles. The minimum atomic E-state index is -0.495. The van der Waals surface area contributed by atoms with Crippen LogP contribution in [0.25, 0.3) is 11.1 Å². The monoisotopic (exact) mass is 414 g/mol. The highest BCUT2D eigenvalue weighted by Crippen LogP contribution is 2.33. The molecule has 1 fully saturated rings. The highest BCUT2D eigenvalue weighted by atomic mass is 19.1. The maximum Gasteiger partial charge on any atom is 0.414 e. The summed E-state index contributed by atoms with van der Waals surface area (Å²) in [6, 6.07) is 9.12. The molecule has 160 valence electrons. The Balaban J connectivity index is 2.13. The van der Waals surface area contributed by atoms with Crippen molar-refractivity contribution in [3.63, 3.8) is 0 Å². The number of aliphatic hydroxyl groups is 1. The van der Waals surface area contributed by atoms with Crippen molar-refractivity contribution in [1.82, 2.24) is 5.32 Å². The zero-order valence-corrected chi connectivity index (χ0v) is 17.6. The second kappa shape index (κ2) is 8.83. The average molecular weight is 414 g/mol. The van der Waals surface area contributed by atoms with Crippen LogP contribution in [0.2, 0.25) is 0 Å². The third-order valence-electron chi connectivity index (χ3n) is 5.22. The van der Waals surface area contributed by atoms with Gasteiger partial charge < -0.3 is 15.2 Å². The second-order valence-electron chi connectivity index (χ2n) is 8.07. The van der Waals surface area contributed by atoms with E-state index in [1.165, 1.54) is 11.0 Å². The van der Waals surface area contributed by atoms with Crippen LogP contribution in [0.3, 0.4) is 0 Å². The van der Waals surface area contributed by atoms with E-state index in [1.807, 2.05) is 13.8 Å². The van der Waals surface area contributed by atoms with Crippen LogP contribution in [0.5, 0.6) is 0 Å². The van der Waals surface area contributed by atoms with E-state index in [4.69, 9.17) is 4.74 Å². The first-order chi connectivity index (χ1) is 14.2. The summed E-state index contributed by atoms with van der Waals surface area (Å²) in [6.07, 6.45) is -0.495. The van der Waals surface area contributed by atoms with Gasteiger partial charge in [-0.2, -0.15) is 0 Å². The van der Waals surface area contributed by atoms with Crippen LogP contribution in [-0.2, 0) is 4.74 Å². The Morgan fingerprint density at radius 2 is 2.00 bits per heavy atom. The second-order valence-corrected chi connectivity index (χ2v) is 8.07. The van der Waals surface area contributed by atoms with Crippen molar-refractivity contribution < 1.29 is 23.8 Å². The summed E-state index contributed by atoms with van der Waals surface area (Å²) in [6.45, 7) is 7.49. The number of nitrogens with zero attached hydrogens (tertiary/aromatic N) is 1. The topological polar surface area (TPSA) is 78.9 Å². The summed E-state index contributed by atoms with van der Waals surface area (Å²) in [7, 11) is 0. The predicted octanol–water partition coefficient (Wildman–Crippen LogP) is 3.89. The molecule has 30 heavy (non-hydrogen) atoms. The van der Waals surface area contributed by atoms with E-state index < -0.39 is 23.9 Å². The lowest BCUT2D eigenvalue weighted by atomic mass is 9.98. The van der Waals surface area contributed by atoms with Gasteiger partial charge >= 0.3 is 6.09 Å². The number of carbonyl (C=O) groups excluding carboxylic acids is 2. The van der Waals surface area contributed by atoms with Gasteiger partial charge in [-0.1, -0.05) is 26.0 Å². The lowest BCUT2D eigenvalue weighted by Crippen LogP contribution is -2.38. The largest absolute Gasteiger partial charge is 0.447 e. The summed E-state index contributed by atoms with van der Waals surface area (Å²) >= 11 is 0. The van der Waals surface area contributed by atoms with Crippen molar-refractivity contribution in [2.75, 3.05) is 18.1 Å². The molecule has 0 aliphatic carbocycles. The number of aliphatic hydroxyl groups excluding tert-OH is 1. The number of carbonyl (C=O) groups is 2. The normalized spacial score (nSPS) is 17.2. The van der Waals surface area contributed by atoms with Crippen molar-refractivity contribution >= 4 is 17.7 Å². The molecular weight excluding hydrogens is 387 g/mol. The van der Waals surface area contributed by atoms with Crippen molar-refractivity contribution in [3.05, 3.63) is 53.3 Å². The van der Waals surface area contributed by atoms with E-state index in [1.54, 1.807) is 44.2 Å². The number of ether oxygens (including phenoxy) is 1. The number of benzene rings is 2. The SMILES string of the molecule is Cc1ccc(-c2cc(C(=O)NC(C)CO)cc(N3C(=O)OCC3C(C)C)c2)c(F)c1. The highest BCUT2D eigenvalue weighted by molar-refractivity contribution is 5.99. The molecule has 1 heterocycles. The third-order valence-corrected chi connectivity index (χ3v) is 5.22. The smallest absolute Gasteiger partial charge is 0.414 e. The van der Waals surface area contributed by atoms with E-state index in [2.05, 4.69) is 5.32 Å². The van der Waals surface area contributed by atoms with Crippen LogP contribution in [0.15, 0.2) is 36.4 Å². The molecule has 0 aromatic heterocycles. The third kappa shape index (κ3) is 4.46. The van der Waals surface area contributed by atoms with E-state index in [-0.39, 0.29) is 30.7 Å². The van der Waals surface area contributed by atoms with Gasteiger partial charge in [0.25, 0.3) is 5.91 Å². The number of hydrogen-bond acceptors (Lipinski definition) is 4. The Morgan fingerprint density at radius 3 is 2.63 bits per heavy atom. The van der Waals surface area contributed by atoms with Gasteiger partial charge in [0.1, 0.15) is 12.4 Å². The molecule has 2 amide bonds. The van der Waals surface area contributed by atoms with Crippen molar-refractivity contribution in [2.45, 2.75) is 39.8 Å². The van der Waals surface area contributed by atoms with Gasteiger partial charge in [-0.05, 0) is 55.2 Å². The van der Waals surface area contributed by atoms with Gasteiger partial charge in [-0.3, -0.25) is 9.69 Å². The fourth-order valence-electron chi connectivity index (χ4n) is 3.47. The first-order valence-electron chi connectivity index (χ1n) is 10.0. The van der Waals surface area contributed by atoms with E-state index in [9.17, 15) is 19.1 Å². The van der Waals surface area contributed by atoms with Gasteiger partial charge in [-0.25, -0.2) is 9.18 Å². The maximum absolute atomic E-state index is 14.7. The minimum Gasteiger partial charge on any atom is -0.447 e. The molecule has 2 aromatic rings. The van der Waals surface area contributed by atoms with Gasteiger partial charge in [0.2, 0.25) is 0 Å². The predicted molar refractivity (Wildman–Crippen MR) is 113 cm³/mol. The lowest BCUT2D eigenvalue weighted by Gasteiger charge is -2.25. The number of aryl methyl sites for hydroxylation is 1. The zero-order valence-electron chi connectivity index (χ0n) is 17.6. The maximum atomic E-state index is 14.7. The molecule has 2 N–H and O–H groups in total. The van der Waals surface area contributed by atoms with Crippen LogP contribution in [0.4, 0.5) is 14.9 Å². The molecule has 0 saturated carbocycles. The Morgan fingerprint density at radius 1 is 1.27 bits per heavy atom. The molecule has 6 nitrogen and oxygen atoms in total. The summed E-state index contributed by atoms with van der Waals surface area (Å²) in [5, 5.41) is 11.9. The first-order valence-corrected chi connectivity index (χ1v) is 10.0. The zero-order chi connectivity index (χ0) is 22.0. The molecule has 0 radical (unpaired) electrons. The molecule has 1 aliphatic rings. The van der Waals surface area contributed by atoms with Crippen molar-refractivity contribution in [3.8, 4) is 11.1 Å². The quantitative estimate of drug-likeness (QED) is 0.752. The number of nitrogens with one attached hydrogen (secondary N) is 1. The lowest BCUT2D eigenvalue weighted by molar-refractivity contribution is 0.0922. The van der Waals surface area contributed by atoms with Gasteiger partial charge in [0.15, 0.2) is 0 Å². The van der Waals surface area contributed by atoms with Crippen LogP contribution < -0.4 is 10.2 Å². The van der Waals surface area contributed by atoms with Crippen LogP contribution in [-0.4, -0.2) is 42.4 Å². The summed E-state index contributed by atoms with van der Waals surface area (Å²) < 4.78 is 19.9. The van der Waals surface area contributed by atoms with Crippen LogP contribution in [0, 0.1) is 18.7 Å². The standard InChI is InChI=1S/C23H27FN2O4/c1-13(2)21-12-30-23(29)26(21)18-9-16(19-6-5-14(3)7-20(19)24)8-17(10-18)22(28)25-15(4)11-27/h5-10,13,15,21,27H,11-12H2,1-4H3,(H,25,28). The van der Waals surface area contributed by atoms with Gasteiger partial charge in [-0.15, -0.1) is 0 Å². The van der Waals surface area contributed by atoms with Crippen LogP contribution in [0.1, 0.15) is 36.7 Å². The van der Waals surface area contributed by atoms with E-state index >= 15 is 0 Å².